The van der Waals surface area contributed by atoms with E-state index in [4.69, 9.17) is 31.8 Å². The Morgan fingerprint density at radius 1 is 1.00 bits per heavy atom. The minimum Gasteiger partial charge on any atom is -0.497 e. The van der Waals surface area contributed by atoms with Crippen molar-refractivity contribution < 1.29 is 9.47 Å². The van der Waals surface area contributed by atoms with Gasteiger partial charge in [0.1, 0.15) is 23.2 Å². The van der Waals surface area contributed by atoms with E-state index in [9.17, 15) is 0 Å². The number of pyridine rings is 1. The molecule has 4 N–H and O–H groups in total. The average molecular weight is 452 g/mol. The zero-order valence-corrected chi connectivity index (χ0v) is 18.8. The van der Waals surface area contributed by atoms with Crippen molar-refractivity contribution in [2.24, 2.45) is 10.7 Å². The summed E-state index contributed by atoms with van der Waals surface area (Å²) in [5.41, 5.74) is 9.67. The van der Waals surface area contributed by atoms with Gasteiger partial charge in [-0.25, -0.2) is 4.98 Å². The number of ether oxygens (including phenoxy) is 2. The van der Waals surface area contributed by atoms with Crippen LogP contribution in [0.4, 0.5) is 5.82 Å². The number of halogens is 1. The SMILES string of the molecule is COc1cc(CN=C2NC(N)(CCc3ccc(Cl)cc3)Nc3ncccc32)cc(OC)c1. The number of hydrogen-bond donors (Lipinski definition) is 3. The van der Waals surface area contributed by atoms with Gasteiger partial charge in [0, 0.05) is 23.7 Å². The highest BCUT2D eigenvalue weighted by Gasteiger charge is 2.33. The Balaban J connectivity index is 1.57. The molecule has 0 spiro atoms. The quantitative estimate of drug-likeness (QED) is 0.503. The fraction of sp³-hybridized carbons (Fsp3) is 0.250. The van der Waals surface area contributed by atoms with Crippen LogP contribution in [-0.4, -0.2) is 30.8 Å². The third-order valence-electron chi connectivity index (χ3n) is 5.30. The normalized spacial score (nSPS) is 18.4. The Kier molecular flexibility index (Phi) is 6.48. The summed E-state index contributed by atoms with van der Waals surface area (Å²) in [7, 11) is 3.26. The molecule has 0 radical (unpaired) electrons. The average Bonchev–Trinajstić information content (AvgIpc) is 2.82. The molecule has 1 atom stereocenters. The standard InChI is InChI=1S/C24H26ClN5O2/c1-31-19-12-17(13-20(14-19)32-2)15-28-23-21-4-3-11-27-22(21)29-24(26,30-23)10-9-16-5-7-18(25)8-6-16/h3-8,11-14H,9-10,15,26H2,1-2H3,(H,27,29)(H,28,30). The number of aryl methyl sites for hydroxylation is 1. The van der Waals surface area contributed by atoms with Gasteiger partial charge in [0.25, 0.3) is 0 Å². The molecule has 1 aliphatic heterocycles. The number of methoxy groups -OCH3 is 2. The first-order chi connectivity index (χ1) is 15.5. The van der Waals surface area contributed by atoms with Gasteiger partial charge in [-0.05, 0) is 53.9 Å². The van der Waals surface area contributed by atoms with Crippen LogP contribution in [0.3, 0.4) is 0 Å². The molecule has 0 amide bonds. The Morgan fingerprint density at radius 2 is 1.72 bits per heavy atom. The summed E-state index contributed by atoms with van der Waals surface area (Å²) in [5, 5.41) is 7.43. The number of aromatic nitrogens is 1. The zero-order valence-electron chi connectivity index (χ0n) is 18.1. The fourth-order valence-corrected chi connectivity index (χ4v) is 3.71. The van der Waals surface area contributed by atoms with Crippen molar-refractivity contribution in [2.45, 2.75) is 25.2 Å². The predicted octanol–water partition coefficient (Wildman–Crippen LogP) is 3.96. The monoisotopic (exact) mass is 451 g/mol. The fourth-order valence-electron chi connectivity index (χ4n) is 3.59. The first kappa shape index (κ1) is 21.9. The maximum Gasteiger partial charge on any atom is 0.164 e. The van der Waals surface area contributed by atoms with Crippen molar-refractivity contribution in [2.75, 3.05) is 19.5 Å². The van der Waals surface area contributed by atoms with Gasteiger partial charge in [-0.1, -0.05) is 23.7 Å². The molecule has 1 aliphatic rings. The van der Waals surface area contributed by atoms with Crippen molar-refractivity contribution in [3.8, 4) is 11.5 Å². The molecule has 0 saturated carbocycles. The van der Waals surface area contributed by atoms with Gasteiger partial charge in [-0.2, -0.15) is 0 Å². The molecule has 2 aromatic carbocycles. The van der Waals surface area contributed by atoms with E-state index in [-0.39, 0.29) is 0 Å². The number of amidine groups is 1. The molecule has 32 heavy (non-hydrogen) atoms. The molecule has 3 aromatic rings. The number of nitrogens with zero attached hydrogens (tertiary/aromatic N) is 2. The maximum absolute atomic E-state index is 6.69. The molecule has 4 rings (SSSR count). The third-order valence-corrected chi connectivity index (χ3v) is 5.55. The topological polar surface area (TPSA) is 93.8 Å². The molecule has 166 valence electrons. The lowest BCUT2D eigenvalue weighted by molar-refractivity contribution is 0.393. The van der Waals surface area contributed by atoms with Gasteiger partial charge < -0.3 is 20.1 Å². The summed E-state index contributed by atoms with van der Waals surface area (Å²) in [5.74, 6) is 1.93. The van der Waals surface area contributed by atoms with E-state index < -0.39 is 5.79 Å². The molecule has 2 heterocycles. The second-order valence-electron chi connectivity index (χ2n) is 7.63. The summed E-state index contributed by atoms with van der Waals surface area (Å²) in [6, 6.07) is 17.3. The molecular formula is C24H26ClN5O2. The van der Waals surface area contributed by atoms with Gasteiger partial charge in [0.05, 0.1) is 26.3 Å². The van der Waals surface area contributed by atoms with Gasteiger partial charge in [-0.3, -0.25) is 10.7 Å². The summed E-state index contributed by atoms with van der Waals surface area (Å²) in [6.45, 7) is 0.428. The van der Waals surface area contributed by atoms with Crippen molar-refractivity contribution >= 4 is 23.3 Å². The third kappa shape index (κ3) is 5.12. The molecule has 1 unspecified atom stereocenters. The van der Waals surface area contributed by atoms with Crippen LogP contribution in [0.5, 0.6) is 11.5 Å². The van der Waals surface area contributed by atoms with Crippen LogP contribution in [0.25, 0.3) is 0 Å². The van der Waals surface area contributed by atoms with Crippen LogP contribution >= 0.6 is 11.6 Å². The highest BCUT2D eigenvalue weighted by atomic mass is 35.5. The molecule has 0 fully saturated rings. The van der Waals surface area contributed by atoms with E-state index in [1.54, 1.807) is 20.4 Å². The highest BCUT2D eigenvalue weighted by Crippen LogP contribution is 2.26. The van der Waals surface area contributed by atoms with E-state index in [0.717, 1.165) is 34.6 Å². The number of benzene rings is 2. The zero-order chi connectivity index (χ0) is 22.6. The molecule has 0 bridgehead atoms. The predicted molar refractivity (Wildman–Crippen MR) is 127 cm³/mol. The number of aliphatic imine (C=N–C) groups is 1. The summed E-state index contributed by atoms with van der Waals surface area (Å²) in [4.78, 5) is 9.30. The number of nitrogens with two attached hydrogens (primary N) is 1. The van der Waals surface area contributed by atoms with Crippen molar-refractivity contribution in [1.82, 2.24) is 10.3 Å². The Morgan fingerprint density at radius 3 is 2.41 bits per heavy atom. The Labute approximate surface area is 192 Å². The molecule has 1 aromatic heterocycles. The van der Waals surface area contributed by atoms with E-state index in [1.807, 2.05) is 54.6 Å². The van der Waals surface area contributed by atoms with Crippen LogP contribution in [0.15, 0.2) is 65.8 Å². The van der Waals surface area contributed by atoms with Crippen LogP contribution in [0, 0.1) is 0 Å². The number of hydrogen-bond acceptors (Lipinski definition) is 6. The molecular weight excluding hydrogens is 426 g/mol. The van der Waals surface area contributed by atoms with E-state index in [1.165, 1.54) is 0 Å². The van der Waals surface area contributed by atoms with Gasteiger partial charge in [-0.15, -0.1) is 0 Å². The molecule has 0 saturated heterocycles. The first-order valence-corrected chi connectivity index (χ1v) is 10.7. The first-order valence-electron chi connectivity index (χ1n) is 10.3. The van der Waals surface area contributed by atoms with Crippen LogP contribution in [0.1, 0.15) is 23.1 Å². The van der Waals surface area contributed by atoms with Gasteiger partial charge in [0.2, 0.25) is 0 Å². The lowest BCUT2D eigenvalue weighted by Crippen LogP contribution is -2.64. The lowest BCUT2D eigenvalue weighted by atomic mass is 10.0. The van der Waals surface area contributed by atoms with E-state index >= 15 is 0 Å². The van der Waals surface area contributed by atoms with Crippen LogP contribution in [0.2, 0.25) is 5.02 Å². The van der Waals surface area contributed by atoms with Gasteiger partial charge in [0.15, 0.2) is 5.79 Å². The number of anilines is 1. The van der Waals surface area contributed by atoms with Crippen molar-refractivity contribution in [3.63, 3.8) is 0 Å². The van der Waals surface area contributed by atoms with E-state index in [2.05, 4.69) is 15.6 Å². The molecule has 7 nitrogen and oxygen atoms in total. The Bertz CT molecular complexity index is 1100. The largest absolute Gasteiger partial charge is 0.497 e. The number of rotatable bonds is 7. The number of nitrogens with one attached hydrogen (secondary N) is 2. The summed E-state index contributed by atoms with van der Waals surface area (Å²) in [6.07, 6.45) is 3.12. The summed E-state index contributed by atoms with van der Waals surface area (Å²) >= 11 is 6.00. The lowest BCUT2D eigenvalue weighted by Gasteiger charge is -2.38. The second kappa shape index (κ2) is 9.46. The van der Waals surface area contributed by atoms with E-state index in [0.29, 0.717) is 29.6 Å². The maximum atomic E-state index is 6.69. The van der Waals surface area contributed by atoms with Crippen LogP contribution < -0.4 is 25.8 Å². The molecule has 8 heteroatoms. The highest BCUT2D eigenvalue weighted by molar-refractivity contribution is 6.30. The second-order valence-corrected chi connectivity index (χ2v) is 8.07. The van der Waals surface area contributed by atoms with Crippen molar-refractivity contribution in [3.05, 3.63) is 82.5 Å². The molecule has 0 aliphatic carbocycles. The number of fused-ring (bicyclic) bond motifs is 1. The van der Waals surface area contributed by atoms with Crippen molar-refractivity contribution in [1.29, 1.82) is 0 Å². The summed E-state index contributed by atoms with van der Waals surface area (Å²) < 4.78 is 10.7. The minimum atomic E-state index is -0.897. The van der Waals surface area contributed by atoms with Crippen LogP contribution in [-0.2, 0) is 13.0 Å². The Hall–Kier alpha value is -3.29. The minimum absolute atomic E-state index is 0.428. The smallest absolute Gasteiger partial charge is 0.164 e. The van der Waals surface area contributed by atoms with Gasteiger partial charge >= 0.3 is 0 Å².